The number of aromatic amines is 2. The van der Waals surface area contributed by atoms with E-state index in [9.17, 15) is 0 Å². The molecule has 0 fully saturated rings. The summed E-state index contributed by atoms with van der Waals surface area (Å²) in [6, 6.07) is 14.6. The number of para-hydroxylation sites is 1. The normalized spacial score (nSPS) is 11.3. The summed E-state index contributed by atoms with van der Waals surface area (Å²) in [7, 11) is 0. The van der Waals surface area contributed by atoms with Gasteiger partial charge in [-0.2, -0.15) is 0 Å². The van der Waals surface area contributed by atoms with Gasteiger partial charge < -0.3 is 9.97 Å². The minimum absolute atomic E-state index is 0.922. The van der Waals surface area contributed by atoms with Crippen LogP contribution in [0.4, 0.5) is 0 Å². The molecule has 0 spiro atoms. The Morgan fingerprint density at radius 1 is 1.00 bits per heavy atom. The van der Waals surface area contributed by atoms with Crippen molar-refractivity contribution in [2.24, 2.45) is 0 Å². The molecule has 3 heterocycles. The topological polar surface area (TPSA) is 44.5 Å². The van der Waals surface area contributed by atoms with E-state index >= 15 is 0 Å². The summed E-state index contributed by atoms with van der Waals surface area (Å²) < 4.78 is 0. The smallest absolute Gasteiger partial charge is 0.137 e. The maximum Gasteiger partial charge on any atom is 0.137 e. The Morgan fingerprint density at radius 2 is 1.94 bits per heavy atom. The second kappa shape index (κ2) is 3.47. The van der Waals surface area contributed by atoms with Gasteiger partial charge in [-0.25, -0.2) is 4.98 Å². The Bertz CT molecular complexity index is 806. The van der Waals surface area contributed by atoms with E-state index in [0.29, 0.717) is 0 Å². The van der Waals surface area contributed by atoms with Gasteiger partial charge in [0.1, 0.15) is 5.65 Å². The van der Waals surface area contributed by atoms with E-state index in [1.54, 1.807) is 0 Å². The zero-order chi connectivity index (χ0) is 11.9. The van der Waals surface area contributed by atoms with Crippen LogP contribution in [0.15, 0.2) is 54.9 Å². The van der Waals surface area contributed by atoms with Crippen molar-refractivity contribution in [1.82, 2.24) is 15.0 Å². The molecule has 3 aromatic heterocycles. The van der Waals surface area contributed by atoms with Crippen molar-refractivity contribution in [2.45, 2.75) is 0 Å². The molecule has 0 aliphatic heterocycles. The zero-order valence-corrected chi connectivity index (χ0v) is 9.64. The van der Waals surface area contributed by atoms with Crippen LogP contribution in [0.25, 0.3) is 33.2 Å². The first kappa shape index (κ1) is 9.48. The lowest BCUT2D eigenvalue weighted by Crippen LogP contribution is -1.81. The highest BCUT2D eigenvalue weighted by molar-refractivity contribution is 5.95. The van der Waals surface area contributed by atoms with E-state index in [1.807, 2.05) is 24.5 Å². The predicted octanol–water partition coefficient (Wildman–Crippen LogP) is 3.71. The number of nitrogens with zero attached hydrogens (tertiary/aromatic N) is 1. The standard InChI is InChI=1S/C15H11N3/c1-2-4-13-10(3-1)9-14(18-13)11-5-7-16-15-12(11)6-8-17-15/h1-9,18H,(H,16,17). The molecule has 86 valence electrons. The lowest BCUT2D eigenvalue weighted by atomic mass is 10.1. The highest BCUT2D eigenvalue weighted by atomic mass is 14.8. The van der Waals surface area contributed by atoms with Gasteiger partial charge in [0.2, 0.25) is 0 Å². The molecular formula is C15H11N3. The third-order valence-electron chi connectivity index (χ3n) is 3.28. The molecule has 4 rings (SSSR count). The van der Waals surface area contributed by atoms with E-state index < -0.39 is 0 Å². The van der Waals surface area contributed by atoms with Crippen molar-refractivity contribution in [2.75, 3.05) is 0 Å². The van der Waals surface area contributed by atoms with E-state index in [-0.39, 0.29) is 0 Å². The second-order valence-electron chi connectivity index (χ2n) is 4.37. The number of benzene rings is 1. The number of hydrogen-bond donors (Lipinski definition) is 2. The summed E-state index contributed by atoms with van der Waals surface area (Å²) in [5, 5.41) is 2.37. The molecule has 0 atom stereocenters. The van der Waals surface area contributed by atoms with Crippen LogP contribution in [0.1, 0.15) is 0 Å². The van der Waals surface area contributed by atoms with E-state index in [0.717, 1.165) is 22.2 Å². The number of hydrogen-bond acceptors (Lipinski definition) is 1. The van der Waals surface area contributed by atoms with Crippen molar-refractivity contribution >= 4 is 21.9 Å². The molecule has 0 aliphatic rings. The largest absolute Gasteiger partial charge is 0.355 e. The first-order valence-electron chi connectivity index (χ1n) is 5.92. The lowest BCUT2D eigenvalue weighted by Gasteiger charge is -1.99. The Kier molecular flexibility index (Phi) is 1.83. The Balaban J connectivity index is 2.04. The van der Waals surface area contributed by atoms with Crippen LogP contribution in [0.3, 0.4) is 0 Å². The number of nitrogens with one attached hydrogen (secondary N) is 2. The average molecular weight is 233 g/mol. The molecule has 0 saturated carbocycles. The molecule has 3 heteroatoms. The summed E-state index contributed by atoms with van der Waals surface area (Å²) in [6.07, 6.45) is 3.75. The van der Waals surface area contributed by atoms with Gasteiger partial charge in [-0.1, -0.05) is 18.2 Å². The third-order valence-corrected chi connectivity index (χ3v) is 3.28. The Hall–Kier alpha value is -2.55. The van der Waals surface area contributed by atoms with Gasteiger partial charge in [0.25, 0.3) is 0 Å². The minimum Gasteiger partial charge on any atom is -0.355 e. The molecule has 0 bridgehead atoms. The van der Waals surface area contributed by atoms with Gasteiger partial charge in [0.15, 0.2) is 0 Å². The van der Waals surface area contributed by atoms with Gasteiger partial charge in [-0.05, 0) is 24.3 Å². The fraction of sp³-hybridized carbons (Fsp3) is 0. The molecule has 0 amide bonds. The van der Waals surface area contributed by atoms with E-state index in [2.05, 4.69) is 45.3 Å². The summed E-state index contributed by atoms with van der Waals surface area (Å²) >= 11 is 0. The summed E-state index contributed by atoms with van der Waals surface area (Å²) in [6.45, 7) is 0. The van der Waals surface area contributed by atoms with Crippen molar-refractivity contribution in [1.29, 1.82) is 0 Å². The number of fused-ring (bicyclic) bond motifs is 2. The number of rotatable bonds is 1. The van der Waals surface area contributed by atoms with Crippen LogP contribution in [0.5, 0.6) is 0 Å². The first-order chi connectivity index (χ1) is 8.92. The van der Waals surface area contributed by atoms with Gasteiger partial charge >= 0.3 is 0 Å². The van der Waals surface area contributed by atoms with Crippen LogP contribution < -0.4 is 0 Å². The molecule has 3 nitrogen and oxygen atoms in total. The zero-order valence-electron chi connectivity index (χ0n) is 9.64. The van der Waals surface area contributed by atoms with Gasteiger partial charge in [-0.3, -0.25) is 0 Å². The molecular weight excluding hydrogens is 222 g/mol. The number of aromatic nitrogens is 3. The first-order valence-corrected chi connectivity index (χ1v) is 5.92. The average Bonchev–Trinajstić information content (AvgIpc) is 3.04. The molecule has 0 radical (unpaired) electrons. The summed E-state index contributed by atoms with van der Waals surface area (Å²) in [5.41, 5.74) is 4.39. The SMILES string of the molecule is c1ccc2[nH]c(-c3ccnc4[nH]ccc34)cc2c1. The summed E-state index contributed by atoms with van der Waals surface area (Å²) in [5.74, 6) is 0. The van der Waals surface area contributed by atoms with Crippen molar-refractivity contribution in [3.05, 3.63) is 54.9 Å². The number of pyridine rings is 1. The van der Waals surface area contributed by atoms with Crippen LogP contribution in [0, 0.1) is 0 Å². The van der Waals surface area contributed by atoms with Crippen molar-refractivity contribution < 1.29 is 0 Å². The monoisotopic (exact) mass is 233 g/mol. The van der Waals surface area contributed by atoms with Gasteiger partial charge in [-0.15, -0.1) is 0 Å². The molecule has 2 N–H and O–H groups in total. The van der Waals surface area contributed by atoms with Crippen LogP contribution in [0.2, 0.25) is 0 Å². The van der Waals surface area contributed by atoms with Crippen LogP contribution >= 0.6 is 0 Å². The molecule has 18 heavy (non-hydrogen) atoms. The minimum atomic E-state index is 0.922. The van der Waals surface area contributed by atoms with Gasteiger partial charge in [0, 0.05) is 39.9 Å². The molecule has 1 aromatic carbocycles. The Labute approximate surface area is 103 Å². The number of H-pyrrole nitrogens is 2. The fourth-order valence-corrected chi connectivity index (χ4v) is 2.41. The van der Waals surface area contributed by atoms with E-state index in [4.69, 9.17) is 0 Å². The molecule has 4 aromatic rings. The predicted molar refractivity (Wildman–Crippen MR) is 73.4 cm³/mol. The maximum atomic E-state index is 4.31. The third kappa shape index (κ3) is 1.27. The summed E-state index contributed by atoms with van der Waals surface area (Å²) in [4.78, 5) is 10.9. The maximum absolute atomic E-state index is 4.31. The lowest BCUT2D eigenvalue weighted by molar-refractivity contribution is 1.32. The van der Waals surface area contributed by atoms with Crippen LogP contribution in [-0.2, 0) is 0 Å². The second-order valence-corrected chi connectivity index (χ2v) is 4.37. The molecule has 0 aliphatic carbocycles. The Morgan fingerprint density at radius 3 is 2.89 bits per heavy atom. The van der Waals surface area contributed by atoms with Crippen molar-refractivity contribution in [3.8, 4) is 11.3 Å². The molecule has 0 saturated heterocycles. The van der Waals surface area contributed by atoms with Crippen molar-refractivity contribution in [3.63, 3.8) is 0 Å². The van der Waals surface area contributed by atoms with E-state index in [1.165, 1.54) is 10.9 Å². The quantitative estimate of drug-likeness (QED) is 0.517. The van der Waals surface area contributed by atoms with Gasteiger partial charge in [0.05, 0.1) is 0 Å². The molecule has 0 unspecified atom stereocenters. The fourth-order valence-electron chi connectivity index (χ4n) is 2.41. The van der Waals surface area contributed by atoms with Crippen LogP contribution in [-0.4, -0.2) is 15.0 Å². The highest BCUT2D eigenvalue weighted by Gasteiger charge is 2.07. The highest BCUT2D eigenvalue weighted by Crippen LogP contribution is 2.28.